The van der Waals surface area contributed by atoms with E-state index in [1.165, 1.54) is 7.11 Å². The summed E-state index contributed by atoms with van der Waals surface area (Å²) in [5, 5.41) is 0. The summed E-state index contributed by atoms with van der Waals surface area (Å²) in [6.07, 6.45) is 3.52. The van der Waals surface area contributed by atoms with Gasteiger partial charge in [-0.3, -0.25) is 9.59 Å². The highest BCUT2D eigenvalue weighted by Gasteiger charge is 2.41. The standard InChI is InChI=1S/C11H20N2O3/c1-13(8-3-5-9(14)16-2)10(15)11(12)6-4-7-11/h3-8,12H2,1-2H3. The molecule has 0 aromatic carbocycles. The Kier molecular flexibility index (Phi) is 4.29. The van der Waals surface area contributed by atoms with Crippen molar-refractivity contribution in [3.63, 3.8) is 0 Å². The van der Waals surface area contributed by atoms with Gasteiger partial charge in [0.05, 0.1) is 12.6 Å². The zero-order valence-electron chi connectivity index (χ0n) is 9.99. The molecule has 1 amide bonds. The number of nitrogens with two attached hydrogens (primary N) is 1. The molecule has 0 aromatic rings. The van der Waals surface area contributed by atoms with Gasteiger partial charge in [-0.2, -0.15) is 0 Å². The summed E-state index contributed by atoms with van der Waals surface area (Å²) in [7, 11) is 3.09. The van der Waals surface area contributed by atoms with E-state index in [1.807, 2.05) is 0 Å². The number of methoxy groups -OCH3 is 1. The van der Waals surface area contributed by atoms with E-state index in [0.29, 0.717) is 19.4 Å². The van der Waals surface area contributed by atoms with Crippen molar-refractivity contribution in [2.45, 2.75) is 37.6 Å². The van der Waals surface area contributed by atoms with E-state index >= 15 is 0 Å². The average molecular weight is 228 g/mol. The fraction of sp³-hybridized carbons (Fsp3) is 0.818. The number of amides is 1. The zero-order chi connectivity index (χ0) is 12.2. The van der Waals surface area contributed by atoms with Crippen LogP contribution >= 0.6 is 0 Å². The van der Waals surface area contributed by atoms with Crippen LogP contribution in [-0.2, 0) is 14.3 Å². The van der Waals surface area contributed by atoms with E-state index in [4.69, 9.17) is 5.73 Å². The maximum absolute atomic E-state index is 11.9. The Morgan fingerprint density at radius 2 is 2.06 bits per heavy atom. The molecule has 1 rings (SSSR count). The lowest BCUT2D eigenvalue weighted by molar-refractivity contribution is -0.142. The Labute approximate surface area is 95.9 Å². The fourth-order valence-electron chi connectivity index (χ4n) is 1.82. The lowest BCUT2D eigenvalue weighted by atomic mass is 9.76. The van der Waals surface area contributed by atoms with Gasteiger partial charge < -0.3 is 15.4 Å². The monoisotopic (exact) mass is 228 g/mol. The SMILES string of the molecule is COC(=O)CCCN(C)C(=O)C1(N)CCC1. The summed E-state index contributed by atoms with van der Waals surface area (Å²) in [6, 6.07) is 0. The highest BCUT2D eigenvalue weighted by atomic mass is 16.5. The molecule has 0 aromatic heterocycles. The van der Waals surface area contributed by atoms with Crippen molar-refractivity contribution in [3.05, 3.63) is 0 Å². The largest absolute Gasteiger partial charge is 0.469 e. The highest BCUT2D eigenvalue weighted by Crippen LogP contribution is 2.30. The zero-order valence-corrected chi connectivity index (χ0v) is 9.99. The number of nitrogens with zero attached hydrogens (tertiary/aromatic N) is 1. The van der Waals surface area contributed by atoms with Crippen molar-refractivity contribution >= 4 is 11.9 Å². The summed E-state index contributed by atoms with van der Waals surface area (Å²) < 4.78 is 4.53. The summed E-state index contributed by atoms with van der Waals surface area (Å²) in [6.45, 7) is 0.548. The molecule has 0 radical (unpaired) electrons. The number of hydrogen-bond donors (Lipinski definition) is 1. The van der Waals surface area contributed by atoms with E-state index in [2.05, 4.69) is 4.74 Å². The van der Waals surface area contributed by atoms with Crippen molar-refractivity contribution in [1.82, 2.24) is 4.90 Å². The minimum absolute atomic E-state index is 0.0105. The van der Waals surface area contributed by atoms with Crippen LogP contribution in [0.5, 0.6) is 0 Å². The van der Waals surface area contributed by atoms with Gasteiger partial charge in [0.1, 0.15) is 0 Å². The molecule has 2 N–H and O–H groups in total. The Morgan fingerprint density at radius 1 is 1.44 bits per heavy atom. The molecule has 1 aliphatic carbocycles. The molecular formula is C11H20N2O3. The summed E-state index contributed by atoms with van der Waals surface area (Å²) in [5.74, 6) is -0.254. The van der Waals surface area contributed by atoms with Crippen molar-refractivity contribution in [2.24, 2.45) is 5.73 Å². The molecule has 0 aliphatic heterocycles. The summed E-state index contributed by atoms with van der Waals surface area (Å²) in [4.78, 5) is 24.4. The molecule has 1 aliphatic rings. The van der Waals surface area contributed by atoms with Crippen LogP contribution < -0.4 is 5.73 Å². The Balaban J connectivity index is 2.26. The van der Waals surface area contributed by atoms with Crippen molar-refractivity contribution in [3.8, 4) is 0 Å². The van der Waals surface area contributed by atoms with Gasteiger partial charge in [-0.15, -0.1) is 0 Å². The van der Waals surface area contributed by atoms with E-state index in [0.717, 1.165) is 19.3 Å². The maximum atomic E-state index is 11.9. The predicted octanol–water partition coefficient (Wildman–Crippen LogP) is 0.279. The van der Waals surface area contributed by atoms with E-state index < -0.39 is 5.54 Å². The van der Waals surface area contributed by atoms with Gasteiger partial charge in [-0.05, 0) is 25.7 Å². The molecule has 16 heavy (non-hydrogen) atoms. The molecule has 0 atom stereocenters. The van der Waals surface area contributed by atoms with E-state index in [-0.39, 0.29) is 11.9 Å². The average Bonchev–Trinajstić information content (AvgIpc) is 2.24. The number of likely N-dealkylation sites (N-methyl/N-ethyl adjacent to an activating group) is 1. The quantitative estimate of drug-likeness (QED) is 0.686. The second-order valence-electron chi connectivity index (χ2n) is 4.42. The van der Waals surface area contributed by atoms with E-state index in [9.17, 15) is 9.59 Å². The third kappa shape index (κ3) is 2.95. The van der Waals surface area contributed by atoms with Crippen LogP contribution in [0.25, 0.3) is 0 Å². The van der Waals surface area contributed by atoms with Gasteiger partial charge in [0.2, 0.25) is 5.91 Å². The topological polar surface area (TPSA) is 72.6 Å². The number of carbonyl (C=O) groups is 2. The predicted molar refractivity (Wildman–Crippen MR) is 59.7 cm³/mol. The van der Waals surface area contributed by atoms with Crippen LogP contribution in [0.2, 0.25) is 0 Å². The molecule has 0 heterocycles. The van der Waals surface area contributed by atoms with Crippen LogP contribution in [0.4, 0.5) is 0 Å². The van der Waals surface area contributed by atoms with Crippen molar-refractivity contribution < 1.29 is 14.3 Å². The summed E-state index contributed by atoms with van der Waals surface area (Å²) >= 11 is 0. The van der Waals surface area contributed by atoms with Gasteiger partial charge >= 0.3 is 5.97 Å². The molecule has 5 nitrogen and oxygen atoms in total. The first-order chi connectivity index (χ1) is 7.49. The lowest BCUT2D eigenvalue weighted by Gasteiger charge is -2.39. The minimum atomic E-state index is -0.639. The molecule has 0 saturated heterocycles. The fourth-order valence-corrected chi connectivity index (χ4v) is 1.82. The van der Waals surface area contributed by atoms with Gasteiger partial charge in [0.25, 0.3) is 0 Å². The molecule has 5 heteroatoms. The molecule has 1 fully saturated rings. The van der Waals surface area contributed by atoms with Gasteiger partial charge in [-0.1, -0.05) is 0 Å². The maximum Gasteiger partial charge on any atom is 0.305 e. The first-order valence-electron chi connectivity index (χ1n) is 5.61. The highest BCUT2D eigenvalue weighted by molar-refractivity contribution is 5.86. The van der Waals surface area contributed by atoms with Crippen LogP contribution in [0.3, 0.4) is 0 Å². The number of carbonyl (C=O) groups excluding carboxylic acids is 2. The van der Waals surface area contributed by atoms with Crippen LogP contribution in [0.1, 0.15) is 32.1 Å². The van der Waals surface area contributed by atoms with E-state index in [1.54, 1.807) is 11.9 Å². The van der Waals surface area contributed by atoms with Gasteiger partial charge in [-0.25, -0.2) is 0 Å². The van der Waals surface area contributed by atoms with Gasteiger partial charge in [0.15, 0.2) is 0 Å². The van der Waals surface area contributed by atoms with Crippen LogP contribution in [0.15, 0.2) is 0 Å². The Morgan fingerprint density at radius 3 is 2.50 bits per heavy atom. The van der Waals surface area contributed by atoms with Crippen molar-refractivity contribution in [1.29, 1.82) is 0 Å². The minimum Gasteiger partial charge on any atom is -0.469 e. The second kappa shape index (κ2) is 5.30. The molecule has 0 unspecified atom stereocenters. The second-order valence-corrected chi connectivity index (χ2v) is 4.42. The first kappa shape index (κ1) is 13.0. The Hall–Kier alpha value is -1.10. The molecular weight excluding hydrogens is 208 g/mol. The molecule has 0 bridgehead atoms. The molecule has 0 spiro atoms. The van der Waals surface area contributed by atoms with Gasteiger partial charge in [0, 0.05) is 20.0 Å². The molecule has 92 valence electrons. The smallest absolute Gasteiger partial charge is 0.305 e. The number of esters is 1. The normalized spacial score (nSPS) is 17.4. The van der Waals surface area contributed by atoms with Crippen LogP contribution in [-0.4, -0.2) is 43.0 Å². The first-order valence-corrected chi connectivity index (χ1v) is 5.61. The third-order valence-electron chi connectivity index (χ3n) is 3.12. The number of ether oxygens (including phenoxy) is 1. The lowest BCUT2D eigenvalue weighted by Crippen LogP contribution is -2.58. The van der Waals surface area contributed by atoms with Crippen LogP contribution in [0, 0.1) is 0 Å². The third-order valence-corrected chi connectivity index (χ3v) is 3.12. The summed E-state index contributed by atoms with van der Waals surface area (Å²) in [5.41, 5.74) is 5.28. The Bertz CT molecular complexity index is 274. The number of hydrogen-bond acceptors (Lipinski definition) is 4. The molecule has 1 saturated carbocycles. The van der Waals surface area contributed by atoms with Crippen molar-refractivity contribution in [2.75, 3.05) is 20.7 Å². The number of rotatable bonds is 5.